The van der Waals surface area contributed by atoms with Crippen LogP contribution in [0.1, 0.15) is 12.5 Å². The Kier molecular flexibility index (Phi) is 5.92. The minimum atomic E-state index is -0.0524. The highest BCUT2D eigenvalue weighted by molar-refractivity contribution is 8.18. The molecule has 1 saturated heterocycles. The van der Waals surface area contributed by atoms with Crippen molar-refractivity contribution >= 4 is 34.6 Å². The number of thioether (sulfide) groups is 1. The van der Waals surface area contributed by atoms with E-state index in [2.05, 4.69) is 11.6 Å². The average Bonchev–Trinajstić information content (AvgIpc) is 2.94. The number of carbonyl (C=O) groups excluding carboxylic acids is 1. The summed E-state index contributed by atoms with van der Waals surface area (Å²) in [5, 5.41) is 0.654. The lowest BCUT2D eigenvalue weighted by Gasteiger charge is -2.12. The minimum absolute atomic E-state index is 0.0524. The van der Waals surface area contributed by atoms with Crippen molar-refractivity contribution < 1.29 is 9.53 Å². The Bertz CT molecular complexity index is 842. The van der Waals surface area contributed by atoms with Gasteiger partial charge in [-0.15, -0.1) is 6.58 Å². The monoisotopic (exact) mass is 364 g/mol. The summed E-state index contributed by atoms with van der Waals surface area (Å²) in [5.74, 6) is 0.752. The third-order valence-corrected chi connectivity index (χ3v) is 4.68. The predicted octanol–water partition coefficient (Wildman–Crippen LogP) is 4.88. The molecule has 1 aliphatic rings. The fourth-order valence-electron chi connectivity index (χ4n) is 2.48. The largest absolute Gasteiger partial charge is 0.494 e. The molecule has 0 spiro atoms. The van der Waals surface area contributed by atoms with Gasteiger partial charge in [0.25, 0.3) is 5.91 Å². The normalized spacial score (nSPS) is 17.1. The zero-order valence-electron chi connectivity index (χ0n) is 14.6. The van der Waals surface area contributed by atoms with Gasteiger partial charge in [0.05, 0.1) is 17.2 Å². The van der Waals surface area contributed by atoms with E-state index in [1.165, 1.54) is 11.8 Å². The highest BCUT2D eigenvalue weighted by Gasteiger charge is 2.32. The van der Waals surface area contributed by atoms with Crippen molar-refractivity contribution in [3.63, 3.8) is 0 Å². The minimum Gasteiger partial charge on any atom is -0.494 e. The van der Waals surface area contributed by atoms with Crippen LogP contribution < -0.4 is 4.74 Å². The molecule has 1 amide bonds. The van der Waals surface area contributed by atoms with Crippen LogP contribution >= 0.6 is 11.8 Å². The molecule has 132 valence electrons. The average molecular weight is 364 g/mol. The summed E-state index contributed by atoms with van der Waals surface area (Å²) in [4.78, 5) is 19.7. The molecular formula is C21H20N2O2S. The molecule has 0 aromatic heterocycles. The quantitative estimate of drug-likeness (QED) is 0.542. The number of amidine groups is 1. The SMILES string of the molecule is C=CCN1C(=O)/C(=C/c2ccccc2)SC1=Nc1ccc(OCC)cc1. The zero-order valence-corrected chi connectivity index (χ0v) is 15.4. The number of aliphatic imine (C=N–C) groups is 1. The second-order valence-electron chi connectivity index (χ2n) is 5.55. The van der Waals surface area contributed by atoms with Crippen molar-refractivity contribution in [3.8, 4) is 5.75 Å². The molecule has 3 rings (SSSR count). The van der Waals surface area contributed by atoms with Gasteiger partial charge in [0.1, 0.15) is 5.75 Å². The summed E-state index contributed by atoms with van der Waals surface area (Å²) in [5.41, 5.74) is 1.77. The molecule has 1 fully saturated rings. The number of ether oxygens (including phenoxy) is 1. The summed E-state index contributed by atoms with van der Waals surface area (Å²) < 4.78 is 5.45. The van der Waals surface area contributed by atoms with Crippen molar-refractivity contribution in [1.29, 1.82) is 0 Å². The molecule has 1 heterocycles. The smallest absolute Gasteiger partial charge is 0.267 e. The van der Waals surface area contributed by atoms with Crippen LogP contribution in [0.2, 0.25) is 0 Å². The van der Waals surface area contributed by atoms with Crippen LogP contribution in [0, 0.1) is 0 Å². The van der Waals surface area contributed by atoms with Crippen LogP contribution in [0.3, 0.4) is 0 Å². The molecule has 1 aliphatic heterocycles. The molecule has 26 heavy (non-hydrogen) atoms. The summed E-state index contributed by atoms with van der Waals surface area (Å²) >= 11 is 1.38. The lowest BCUT2D eigenvalue weighted by molar-refractivity contribution is -0.121. The number of hydrogen-bond donors (Lipinski definition) is 0. The Morgan fingerprint density at radius 3 is 2.54 bits per heavy atom. The lowest BCUT2D eigenvalue weighted by atomic mass is 10.2. The molecule has 2 aromatic rings. The Morgan fingerprint density at radius 1 is 1.15 bits per heavy atom. The van der Waals surface area contributed by atoms with Crippen LogP contribution in [-0.2, 0) is 4.79 Å². The topological polar surface area (TPSA) is 41.9 Å². The molecule has 0 unspecified atom stereocenters. The third kappa shape index (κ3) is 4.24. The third-order valence-electron chi connectivity index (χ3n) is 3.67. The highest BCUT2D eigenvalue weighted by atomic mass is 32.2. The first-order valence-corrected chi connectivity index (χ1v) is 9.22. The fraction of sp³-hybridized carbons (Fsp3) is 0.143. The maximum Gasteiger partial charge on any atom is 0.267 e. The van der Waals surface area contributed by atoms with Crippen LogP contribution in [0.5, 0.6) is 5.75 Å². The first kappa shape index (κ1) is 18.0. The van der Waals surface area contributed by atoms with Crippen molar-refractivity contribution in [2.75, 3.05) is 13.2 Å². The van der Waals surface area contributed by atoms with Crippen molar-refractivity contribution in [2.45, 2.75) is 6.92 Å². The van der Waals surface area contributed by atoms with Gasteiger partial charge in [-0.3, -0.25) is 9.69 Å². The maximum atomic E-state index is 12.7. The van der Waals surface area contributed by atoms with Crippen LogP contribution in [-0.4, -0.2) is 29.1 Å². The zero-order chi connectivity index (χ0) is 18.4. The van der Waals surface area contributed by atoms with Gasteiger partial charge in [0.15, 0.2) is 5.17 Å². The van der Waals surface area contributed by atoms with Gasteiger partial charge < -0.3 is 4.74 Å². The van der Waals surface area contributed by atoms with E-state index in [0.717, 1.165) is 17.0 Å². The van der Waals surface area contributed by atoms with E-state index in [9.17, 15) is 4.79 Å². The molecule has 0 N–H and O–H groups in total. The molecule has 0 aliphatic carbocycles. The summed E-state index contributed by atoms with van der Waals surface area (Å²) in [6.45, 7) is 6.74. The standard InChI is InChI=1S/C21H20N2O2S/c1-3-14-23-20(24)19(15-16-8-6-5-7-9-16)26-21(23)22-17-10-12-18(13-11-17)25-4-2/h3,5-13,15H,1,4,14H2,2H3/b19-15-,22-21?. The van der Waals surface area contributed by atoms with Crippen LogP contribution in [0.25, 0.3) is 6.08 Å². The van der Waals surface area contributed by atoms with Gasteiger partial charge in [-0.2, -0.15) is 0 Å². The molecule has 0 radical (unpaired) electrons. The first-order chi connectivity index (χ1) is 12.7. The number of amides is 1. The van der Waals surface area contributed by atoms with Crippen molar-refractivity contribution in [2.24, 2.45) is 4.99 Å². The molecular weight excluding hydrogens is 344 g/mol. The van der Waals surface area contributed by atoms with Crippen LogP contribution in [0.4, 0.5) is 5.69 Å². The molecule has 5 heteroatoms. The van der Waals surface area contributed by atoms with E-state index in [-0.39, 0.29) is 5.91 Å². The highest BCUT2D eigenvalue weighted by Crippen LogP contribution is 2.34. The molecule has 0 bridgehead atoms. The molecule has 2 aromatic carbocycles. The van der Waals surface area contributed by atoms with E-state index in [4.69, 9.17) is 4.74 Å². The Labute approximate surface area is 157 Å². The molecule has 0 atom stereocenters. The lowest BCUT2D eigenvalue weighted by Crippen LogP contribution is -2.29. The van der Waals surface area contributed by atoms with E-state index < -0.39 is 0 Å². The van der Waals surface area contributed by atoms with E-state index in [1.54, 1.807) is 11.0 Å². The Balaban J connectivity index is 1.88. The number of rotatable bonds is 6. The predicted molar refractivity (Wildman–Crippen MR) is 109 cm³/mol. The van der Waals surface area contributed by atoms with Gasteiger partial charge in [-0.25, -0.2) is 4.99 Å². The van der Waals surface area contributed by atoms with Gasteiger partial charge in [-0.05, 0) is 54.6 Å². The molecule has 0 saturated carbocycles. The Hall–Kier alpha value is -2.79. The van der Waals surface area contributed by atoms with Crippen molar-refractivity contribution in [1.82, 2.24) is 4.90 Å². The van der Waals surface area contributed by atoms with Gasteiger partial charge in [0, 0.05) is 6.54 Å². The van der Waals surface area contributed by atoms with E-state index in [0.29, 0.717) is 23.2 Å². The Morgan fingerprint density at radius 2 is 1.88 bits per heavy atom. The summed E-state index contributed by atoms with van der Waals surface area (Å²) in [6.07, 6.45) is 3.60. The maximum absolute atomic E-state index is 12.7. The van der Waals surface area contributed by atoms with Gasteiger partial charge in [-0.1, -0.05) is 36.4 Å². The number of nitrogens with zero attached hydrogens (tertiary/aromatic N) is 2. The van der Waals surface area contributed by atoms with E-state index >= 15 is 0 Å². The van der Waals surface area contributed by atoms with Gasteiger partial charge >= 0.3 is 0 Å². The fourth-order valence-corrected chi connectivity index (χ4v) is 3.48. The first-order valence-electron chi connectivity index (χ1n) is 8.40. The second kappa shape index (κ2) is 8.54. The van der Waals surface area contributed by atoms with Crippen molar-refractivity contribution in [3.05, 3.63) is 77.7 Å². The number of benzene rings is 2. The number of carbonyl (C=O) groups is 1. The summed E-state index contributed by atoms with van der Waals surface area (Å²) in [7, 11) is 0. The second-order valence-corrected chi connectivity index (χ2v) is 6.56. The van der Waals surface area contributed by atoms with Gasteiger partial charge in [0.2, 0.25) is 0 Å². The number of hydrogen-bond acceptors (Lipinski definition) is 4. The van der Waals surface area contributed by atoms with E-state index in [1.807, 2.05) is 67.6 Å². The molecule has 4 nitrogen and oxygen atoms in total. The van der Waals surface area contributed by atoms with Crippen LogP contribution in [0.15, 0.2) is 77.1 Å². The summed E-state index contributed by atoms with van der Waals surface area (Å²) in [6, 6.07) is 17.3.